The molecular weight excluding hydrogens is 320 g/mol. The lowest BCUT2D eigenvalue weighted by atomic mass is 9.94. The number of nitrogens with two attached hydrogens (primary N) is 1. The van der Waals surface area contributed by atoms with Gasteiger partial charge in [-0.3, -0.25) is 14.7 Å². The first-order valence-corrected chi connectivity index (χ1v) is 8.29. The number of aromatic nitrogens is 2. The zero-order valence-electron chi connectivity index (χ0n) is 14.2. The van der Waals surface area contributed by atoms with Gasteiger partial charge in [-0.1, -0.05) is 0 Å². The molecule has 1 aliphatic heterocycles. The van der Waals surface area contributed by atoms with Gasteiger partial charge >= 0.3 is 0 Å². The molecule has 1 aromatic carbocycles. The average Bonchev–Trinajstić information content (AvgIpc) is 2.62. The summed E-state index contributed by atoms with van der Waals surface area (Å²) in [5.74, 6) is 1.79. The van der Waals surface area contributed by atoms with E-state index in [1.54, 1.807) is 19.5 Å². The molecule has 0 unspecified atom stereocenters. The number of piperidine rings is 1. The van der Waals surface area contributed by atoms with Crippen molar-refractivity contribution in [3.05, 3.63) is 42.4 Å². The Labute approximate surface area is 146 Å². The van der Waals surface area contributed by atoms with Crippen molar-refractivity contribution in [1.82, 2.24) is 14.9 Å². The summed E-state index contributed by atoms with van der Waals surface area (Å²) in [6.07, 6.45) is 5.25. The molecule has 2 aromatic rings. The van der Waals surface area contributed by atoms with Crippen LogP contribution in [0.5, 0.6) is 17.4 Å². The van der Waals surface area contributed by atoms with Crippen LogP contribution in [-0.4, -0.2) is 47.5 Å². The minimum absolute atomic E-state index is 0.162. The molecule has 132 valence electrons. The number of nitrogens with zero attached hydrogens (tertiary/aromatic N) is 3. The molecule has 1 aromatic heterocycles. The van der Waals surface area contributed by atoms with E-state index in [0.717, 1.165) is 37.4 Å². The van der Waals surface area contributed by atoms with Crippen LogP contribution >= 0.6 is 0 Å². The minimum Gasteiger partial charge on any atom is -0.497 e. The van der Waals surface area contributed by atoms with E-state index >= 15 is 0 Å². The maximum Gasteiger partial charge on any atom is 0.241 e. The van der Waals surface area contributed by atoms with Gasteiger partial charge in [0.05, 0.1) is 13.7 Å². The van der Waals surface area contributed by atoms with Gasteiger partial charge < -0.3 is 15.2 Å². The smallest absolute Gasteiger partial charge is 0.241 e. The second kappa shape index (κ2) is 7.94. The molecule has 0 radical (unpaired) electrons. The first-order chi connectivity index (χ1) is 12.2. The lowest BCUT2D eigenvalue weighted by molar-refractivity contribution is -0.119. The van der Waals surface area contributed by atoms with Crippen LogP contribution < -0.4 is 15.2 Å². The number of hydrogen-bond donors (Lipinski definition) is 1. The number of methoxy groups -OCH3 is 1. The molecule has 1 saturated heterocycles. The van der Waals surface area contributed by atoms with Crippen LogP contribution in [0.1, 0.15) is 24.5 Å². The SMILES string of the molecule is COc1ccc(Oc2nccnc2[C@@H]2CCCN(CC(N)=O)C2)cc1. The van der Waals surface area contributed by atoms with Crippen LogP contribution in [0.2, 0.25) is 0 Å². The Bertz CT molecular complexity index is 721. The van der Waals surface area contributed by atoms with E-state index in [9.17, 15) is 4.79 Å². The minimum atomic E-state index is -0.311. The average molecular weight is 342 g/mol. The van der Waals surface area contributed by atoms with Gasteiger partial charge in [0.2, 0.25) is 11.8 Å². The van der Waals surface area contributed by atoms with Crippen LogP contribution in [0, 0.1) is 0 Å². The molecule has 1 amide bonds. The van der Waals surface area contributed by atoms with Crippen molar-refractivity contribution < 1.29 is 14.3 Å². The summed E-state index contributed by atoms with van der Waals surface area (Å²) in [6, 6.07) is 7.33. The normalized spacial score (nSPS) is 17.9. The quantitative estimate of drug-likeness (QED) is 0.863. The molecule has 0 saturated carbocycles. The monoisotopic (exact) mass is 342 g/mol. The fraction of sp³-hybridized carbons (Fsp3) is 0.389. The Hall–Kier alpha value is -2.67. The number of rotatable bonds is 6. The maximum absolute atomic E-state index is 11.2. The molecule has 2 heterocycles. The van der Waals surface area contributed by atoms with Gasteiger partial charge in [0.1, 0.15) is 17.2 Å². The standard InChI is InChI=1S/C18H22N4O3/c1-24-14-4-6-15(7-5-14)25-18-17(20-8-9-21-18)13-3-2-10-22(11-13)12-16(19)23/h4-9,13H,2-3,10-12H2,1H3,(H2,19,23)/t13-/m1/s1. The van der Waals surface area contributed by atoms with Crippen LogP contribution in [-0.2, 0) is 4.79 Å². The van der Waals surface area contributed by atoms with Crippen molar-refractivity contribution in [1.29, 1.82) is 0 Å². The fourth-order valence-electron chi connectivity index (χ4n) is 3.09. The van der Waals surface area contributed by atoms with Crippen molar-refractivity contribution in [2.75, 3.05) is 26.7 Å². The number of likely N-dealkylation sites (tertiary alicyclic amines) is 1. The number of amides is 1. The number of benzene rings is 1. The van der Waals surface area contributed by atoms with Gasteiger partial charge in [0, 0.05) is 24.9 Å². The highest BCUT2D eigenvalue weighted by Gasteiger charge is 2.26. The molecule has 3 rings (SSSR count). The van der Waals surface area contributed by atoms with Gasteiger partial charge in [0.15, 0.2) is 0 Å². The molecule has 25 heavy (non-hydrogen) atoms. The number of carbonyl (C=O) groups is 1. The molecule has 0 spiro atoms. The third-order valence-corrected chi connectivity index (χ3v) is 4.24. The molecule has 7 heteroatoms. The van der Waals surface area contributed by atoms with Crippen LogP contribution in [0.25, 0.3) is 0 Å². The lowest BCUT2D eigenvalue weighted by Gasteiger charge is -2.31. The summed E-state index contributed by atoms with van der Waals surface area (Å²) in [5.41, 5.74) is 6.13. The Morgan fingerprint density at radius 3 is 2.68 bits per heavy atom. The van der Waals surface area contributed by atoms with Gasteiger partial charge in [-0.05, 0) is 43.7 Å². The molecule has 2 N–H and O–H groups in total. The second-order valence-electron chi connectivity index (χ2n) is 6.06. The zero-order chi connectivity index (χ0) is 17.6. The number of primary amides is 1. The van der Waals surface area contributed by atoms with E-state index in [0.29, 0.717) is 11.6 Å². The third kappa shape index (κ3) is 4.45. The van der Waals surface area contributed by atoms with Crippen molar-refractivity contribution in [2.45, 2.75) is 18.8 Å². The van der Waals surface area contributed by atoms with Crippen molar-refractivity contribution >= 4 is 5.91 Å². The summed E-state index contributed by atoms with van der Waals surface area (Å²) >= 11 is 0. The van der Waals surface area contributed by atoms with Gasteiger partial charge in [0.25, 0.3) is 0 Å². The first-order valence-electron chi connectivity index (χ1n) is 8.29. The molecule has 0 aliphatic carbocycles. The summed E-state index contributed by atoms with van der Waals surface area (Å²) in [5, 5.41) is 0. The Kier molecular flexibility index (Phi) is 5.45. The fourth-order valence-corrected chi connectivity index (χ4v) is 3.09. The summed E-state index contributed by atoms with van der Waals surface area (Å²) in [4.78, 5) is 22.1. The highest BCUT2D eigenvalue weighted by molar-refractivity contribution is 5.75. The van der Waals surface area contributed by atoms with Gasteiger partial charge in [-0.25, -0.2) is 4.98 Å². The largest absolute Gasteiger partial charge is 0.497 e. The summed E-state index contributed by atoms with van der Waals surface area (Å²) in [6.45, 7) is 1.86. The van der Waals surface area contributed by atoms with Crippen LogP contribution in [0.3, 0.4) is 0 Å². The Morgan fingerprint density at radius 1 is 1.24 bits per heavy atom. The maximum atomic E-state index is 11.2. The molecule has 1 aliphatic rings. The Morgan fingerprint density at radius 2 is 1.96 bits per heavy atom. The van der Waals surface area contributed by atoms with E-state index in [1.165, 1.54) is 0 Å². The van der Waals surface area contributed by atoms with Crippen molar-refractivity contribution in [2.24, 2.45) is 5.73 Å². The predicted molar refractivity (Wildman–Crippen MR) is 92.7 cm³/mol. The Balaban J connectivity index is 1.76. The van der Waals surface area contributed by atoms with Crippen molar-refractivity contribution in [3.63, 3.8) is 0 Å². The third-order valence-electron chi connectivity index (χ3n) is 4.24. The van der Waals surface area contributed by atoms with E-state index < -0.39 is 0 Å². The highest BCUT2D eigenvalue weighted by Crippen LogP contribution is 2.32. The van der Waals surface area contributed by atoms with E-state index in [2.05, 4.69) is 14.9 Å². The van der Waals surface area contributed by atoms with E-state index in [-0.39, 0.29) is 18.4 Å². The molecular formula is C18H22N4O3. The van der Waals surface area contributed by atoms with Gasteiger partial charge in [-0.15, -0.1) is 0 Å². The first kappa shape index (κ1) is 17.2. The topological polar surface area (TPSA) is 90.6 Å². The van der Waals surface area contributed by atoms with Crippen molar-refractivity contribution in [3.8, 4) is 17.4 Å². The second-order valence-corrected chi connectivity index (χ2v) is 6.06. The number of carbonyl (C=O) groups excluding carboxylic acids is 1. The molecule has 7 nitrogen and oxygen atoms in total. The molecule has 1 atom stereocenters. The number of hydrogen-bond acceptors (Lipinski definition) is 6. The highest BCUT2D eigenvalue weighted by atomic mass is 16.5. The zero-order valence-corrected chi connectivity index (χ0v) is 14.2. The van der Waals surface area contributed by atoms with E-state index in [4.69, 9.17) is 15.2 Å². The summed E-state index contributed by atoms with van der Waals surface area (Å²) in [7, 11) is 1.62. The van der Waals surface area contributed by atoms with Gasteiger partial charge in [-0.2, -0.15) is 0 Å². The van der Waals surface area contributed by atoms with E-state index in [1.807, 2.05) is 24.3 Å². The molecule has 0 bridgehead atoms. The predicted octanol–water partition coefficient (Wildman–Crippen LogP) is 1.94. The lowest BCUT2D eigenvalue weighted by Crippen LogP contribution is -2.40. The number of ether oxygens (including phenoxy) is 2. The molecule has 1 fully saturated rings. The van der Waals surface area contributed by atoms with Crippen LogP contribution in [0.4, 0.5) is 0 Å². The summed E-state index contributed by atoms with van der Waals surface area (Å²) < 4.78 is 11.1. The van der Waals surface area contributed by atoms with Crippen LogP contribution in [0.15, 0.2) is 36.7 Å².